The molecule has 31 heavy (non-hydrogen) atoms. The highest BCUT2D eigenvalue weighted by molar-refractivity contribution is 5.82. The van der Waals surface area contributed by atoms with Gasteiger partial charge in [0.05, 0.1) is 16.9 Å². The van der Waals surface area contributed by atoms with Gasteiger partial charge in [-0.05, 0) is 55.0 Å². The van der Waals surface area contributed by atoms with Crippen molar-refractivity contribution in [2.75, 3.05) is 6.54 Å². The Bertz CT molecular complexity index is 1170. The van der Waals surface area contributed by atoms with Crippen LogP contribution in [0.2, 0.25) is 0 Å². The Hall–Kier alpha value is -3.41. The number of fused-ring (bicyclic) bond motifs is 1. The first-order chi connectivity index (χ1) is 15.1. The summed E-state index contributed by atoms with van der Waals surface area (Å²) >= 11 is 0. The van der Waals surface area contributed by atoms with E-state index in [0.29, 0.717) is 23.3 Å². The number of carbonyl (C=O) groups is 1. The van der Waals surface area contributed by atoms with Crippen LogP contribution in [0.5, 0.6) is 0 Å². The van der Waals surface area contributed by atoms with Crippen molar-refractivity contribution in [3.05, 3.63) is 81.9 Å². The summed E-state index contributed by atoms with van der Waals surface area (Å²) < 4.78 is 5.52. The lowest BCUT2D eigenvalue weighted by Crippen LogP contribution is -2.32. The van der Waals surface area contributed by atoms with Crippen LogP contribution in [0.25, 0.3) is 16.5 Å². The molecule has 1 unspecified atom stereocenters. The van der Waals surface area contributed by atoms with Crippen molar-refractivity contribution < 1.29 is 9.53 Å². The van der Waals surface area contributed by atoms with Gasteiger partial charge in [-0.1, -0.05) is 49.4 Å². The second-order valence-electron chi connectivity index (χ2n) is 7.74. The number of ether oxygens (including phenoxy) is 1. The Morgan fingerprint density at radius 2 is 2.06 bits per heavy atom. The molecule has 6 nitrogen and oxygen atoms in total. The predicted octanol–water partition coefficient (Wildman–Crippen LogP) is 5.21. The van der Waals surface area contributed by atoms with E-state index in [9.17, 15) is 9.59 Å². The van der Waals surface area contributed by atoms with E-state index >= 15 is 0 Å². The zero-order valence-corrected chi connectivity index (χ0v) is 17.9. The van der Waals surface area contributed by atoms with Crippen molar-refractivity contribution in [1.82, 2.24) is 14.9 Å². The molecule has 1 aliphatic heterocycles. The first kappa shape index (κ1) is 20.8. The number of amides is 1. The largest absolute Gasteiger partial charge is 0.445 e. The molecule has 1 atom stereocenters. The predicted molar refractivity (Wildman–Crippen MR) is 122 cm³/mol. The van der Waals surface area contributed by atoms with Crippen molar-refractivity contribution >= 4 is 22.6 Å². The maximum atomic E-state index is 12.7. The highest BCUT2D eigenvalue weighted by atomic mass is 16.6. The molecule has 2 aromatic carbocycles. The minimum absolute atomic E-state index is 0.186. The van der Waals surface area contributed by atoms with E-state index < -0.39 is 0 Å². The number of likely N-dealkylation sites (tertiary alicyclic amines) is 1. The quantitative estimate of drug-likeness (QED) is 0.618. The van der Waals surface area contributed by atoms with Crippen LogP contribution in [0, 0.1) is 0 Å². The third-order valence-electron chi connectivity index (χ3n) is 5.83. The van der Waals surface area contributed by atoms with Gasteiger partial charge >= 0.3 is 6.09 Å². The van der Waals surface area contributed by atoms with E-state index in [4.69, 9.17) is 9.72 Å². The van der Waals surface area contributed by atoms with Crippen LogP contribution in [-0.4, -0.2) is 27.5 Å². The van der Waals surface area contributed by atoms with Crippen LogP contribution in [0.4, 0.5) is 4.79 Å². The number of nitrogens with zero attached hydrogens (tertiary/aromatic N) is 2. The van der Waals surface area contributed by atoms with Crippen molar-refractivity contribution in [2.24, 2.45) is 0 Å². The molecule has 160 valence electrons. The van der Waals surface area contributed by atoms with E-state index in [1.807, 2.05) is 55.5 Å². The van der Waals surface area contributed by atoms with Gasteiger partial charge in [-0.15, -0.1) is 0 Å². The fraction of sp³-hybridized carbons (Fsp3) is 0.320. The Balaban J connectivity index is 1.60. The number of benzene rings is 2. The Kier molecular flexibility index (Phi) is 6.16. The first-order valence-electron chi connectivity index (χ1n) is 10.8. The van der Waals surface area contributed by atoms with Gasteiger partial charge in [0.15, 0.2) is 0 Å². The van der Waals surface area contributed by atoms with E-state index in [1.165, 1.54) is 5.57 Å². The number of carbonyl (C=O) groups excluding carboxylic acids is 1. The Morgan fingerprint density at radius 1 is 1.26 bits per heavy atom. The van der Waals surface area contributed by atoms with Gasteiger partial charge in [0, 0.05) is 6.54 Å². The van der Waals surface area contributed by atoms with Crippen LogP contribution in [-0.2, 0) is 11.3 Å². The molecule has 3 aromatic rings. The monoisotopic (exact) mass is 417 g/mol. The Morgan fingerprint density at radius 3 is 2.81 bits per heavy atom. The van der Waals surface area contributed by atoms with E-state index in [0.717, 1.165) is 30.4 Å². The van der Waals surface area contributed by atoms with Crippen LogP contribution in [0.1, 0.15) is 56.1 Å². The van der Waals surface area contributed by atoms with E-state index in [-0.39, 0.29) is 24.3 Å². The molecule has 1 N–H and O–H groups in total. The molecular weight excluding hydrogens is 390 g/mol. The van der Waals surface area contributed by atoms with Gasteiger partial charge in [0.1, 0.15) is 12.4 Å². The van der Waals surface area contributed by atoms with Crippen LogP contribution in [0.3, 0.4) is 0 Å². The molecule has 1 aliphatic rings. The highest BCUT2D eigenvalue weighted by Gasteiger charge is 2.33. The van der Waals surface area contributed by atoms with Crippen LogP contribution in [0.15, 0.2) is 59.4 Å². The van der Waals surface area contributed by atoms with Crippen LogP contribution >= 0.6 is 0 Å². The SMILES string of the molecule is CC=C(CC)c1ccc2c(=O)[nH]c(C3CCCN3C(=O)OCc3ccccc3)nc2c1. The number of allylic oxidation sites excluding steroid dienone is 2. The molecule has 1 fully saturated rings. The summed E-state index contributed by atoms with van der Waals surface area (Å²) in [6.45, 7) is 4.92. The lowest BCUT2D eigenvalue weighted by Gasteiger charge is -2.23. The molecule has 4 rings (SSSR count). The topological polar surface area (TPSA) is 75.3 Å². The number of nitrogens with one attached hydrogen (secondary N) is 1. The fourth-order valence-electron chi connectivity index (χ4n) is 4.16. The van der Waals surface area contributed by atoms with Crippen LogP contribution < -0.4 is 5.56 Å². The summed E-state index contributed by atoms with van der Waals surface area (Å²) in [5, 5.41) is 0.551. The van der Waals surface area contributed by atoms with Crippen molar-refractivity contribution in [2.45, 2.75) is 45.8 Å². The number of H-pyrrole nitrogens is 1. The van der Waals surface area contributed by atoms with Crippen molar-refractivity contribution in [1.29, 1.82) is 0 Å². The second-order valence-corrected chi connectivity index (χ2v) is 7.74. The maximum Gasteiger partial charge on any atom is 0.410 e. The fourth-order valence-corrected chi connectivity index (χ4v) is 4.16. The zero-order valence-electron chi connectivity index (χ0n) is 17.9. The summed E-state index contributed by atoms with van der Waals surface area (Å²) in [5.74, 6) is 0.516. The summed E-state index contributed by atoms with van der Waals surface area (Å²) in [5.41, 5.74) is 3.67. The molecule has 0 aliphatic carbocycles. The van der Waals surface area contributed by atoms with Crippen molar-refractivity contribution in [3.63, 3.8) is 0 Å². The van der Waals surface area contributed by atoms with Gasteiger partial charge < -0.3 is 9.72 Å². The van der Waals surface area contributed by atoms with Gasteiger partial charge in [0.25, 0.3) is 5.56 Å². The zero-order chi connectivity index (χ0) is 21.8. The third kappa shape index (κ3) is 4.38. The summed E-state index contributed by atoms with van der Waals surface area (Å²) in [6.07, 6.45) is 4.18. The van der Waals surface area contributed by atoms with E-state index in [2.05, 4.69) is 18.0 Å². The maximum absolute atomic E-state index is 12.7. The van der Waals surface area contributed by atoms with Crippen molar-refractivity contribution in [3.8, 4) is 0 Å². The number of hydrogen-bond acceptors (Lipinski definition) is 4. The first-order valence-corrected chi connectivity index (χ1v) is 10.8. The van der Waals surface area contributed by atoms with Gasteiger partial charge in [-0.25, -0.2) is 9.78 Å². The molecule has 0 radical (unpaired) electrons. The average molecular weight is 418 g/mol. The summed E-state index contributed by atoms with van der Waals surface area (Å²) in [7, 11) is 0. The standard InChI is InChI=1S/C25H27N3O3/c1-3-18(4-2)19-12-13-20-21(15-19)26-23(27-24(20)29)22-11-8-14-28(22)25(30)31-16-17-9-6-5-7-10-17/h3,5-7,9-10,12-13,15,22H,4,8,11,14,16H2,1-2H3,(H,26,27,29). The summed E-state index contributed by atoms with van der Waals surface area (Å²) in [6, 6.07) is 15.0. The van der Waals surface area contributed by atoms with Gasteiger partial charge in [-0.2, -0.15) is 0 Å². The minimum Gasteiger partial charge on any atom is -0.445 e. The molecule has 2 heterocycles. The lowest BCUT2D eigenvalue weighted by molar-refractivity contribution is 0.0908. The number of rotatable bonds is 5. The smallest absolute Gasteiger partial charge is 0.410 e. The normalized spacial score (nSPS) is 16.6. The molecule has 1 amide bonds. The lowest BCUT2D eigenvalue weighted by atomic mass is 10.0. The molecule has 6 heteroatoms. The van der Waals surface area contributed by atoms with E-state index in [1.54, 1.807) is 4.90 Å². The third-order valence-corrected chi connectivity index (χ3v) is 5.83. The highest BCUT2D eigenvalue weighted by Crippen LogP contribution is 2.31. The molecule has 1 saturated heterocycles. The Labute approximate surface area is 181 Å². The number of aromatic nitrogens is 2. The molecule has 1 aromatic heterocycles. The second kappa shape index (κ2) is 9.16. The minimum atomic E-state index is -0.384. The molecule has 0 bridgehead atoms. The average Bonchev–Trinajstić information content (AvgIpc) is 3.29. The van der Waals surface area contributed by atoms with Gasteiger partial charge in [-0.3, -0.25) is 9.69 Å². The molecule has 0 saturated carbocycles. The molecular formula is C25H27N3O3. The number of hydrogen-bond donors (Lipinski definition) is 1. The number of aromatic amines is 1. The summed E-state index contributed by atoms with van der Waals surface area (Å²) in [4.78, 5) is 34.8. The molecule has 0 spiro atoms. The van der Waals surface area contributed by atoms with Gasteiger partial charge in [0.2, 0.25) is 0 Å².